The fourth-order valence-corrected chi connectivity index (χ4v) is 2.76. The largest absolute Gasteiger partial charge is 0.381 e. The molecule has 0 aromatic rings. The van der Waals surface area contributed by atoms with Gasteiger partial charge in [-0.1, -0.05) is 6.92 Å². The third-order valence-electron chi connectivity index (χ3n) is 4.44. The molecule has 0 aromatic carbocycles. The van der Waals surface area contributed by atoms with Crippen LogP contribution in [-0.2, 0) is 9.53 Å². The van der Waals surface area contributed by atoms with E-state index < -0.39 is 0 Å². The first-order valence-corrected chi connectivity index (χ1v) is 7.15. The second-order valence-corrected chi connectivity index (χ2v) is 6.16. The Morgan fingerprint density at radius 2 is 2.17 bits per heavy atom. The van der Waals surface area contributed by atoms with Gasteiger partial charge >= 0.3 is 0 Å². The Balaban J connectivity index is 1.76. The summed E-state index contributed by atoms with van der Waals surface area (Å²) in [6, 6.07) is 0. The van der Waals surface area contributed by atoms with Crippen LogP contribution < -0.4 is 5.32 Å². The maximum Gasteiger partial charge on any atom is 0.226 e. The van der Waals surface area contributed by atoms with Crippen LogP contribution >= 0.6 is 0 Å². The molecule has 0 aliphatic carbocycles. The number of nitrogens with zero attached hydrogens (tertiary/aromatic N) is 1. The van der Waals surface area contributed by atoms with Gasteiger partial charge in [-0.25, -0.2) is 0 Å². The smallest absolute Gasteiger partial charge is 0.226 e. The zero-order chi connectivity index (χ0) is 13.0. The summed E-state index contributed by atoms with van der Waals surface area (Å²) in [5.41, 5.74) is -0.165. The summed E-state index contributed by atoms with van der Waals surface area (Å²) in [4.78, 5) is 14.6. The van der Waals surface area contributed by atoms with Gasteiger partial charge in [0.05, 0.1) is 6.61 Å². The van der Waals surface area contributed by atoms with E-state index in [-0.39, 0.29) is 11.3 Å². The topological polar surface area (TPSA) is 41.6 Å². The zero-order valence-corrected chi connectivity index (χ0v) is 11.7. The van der Waals surface area contributed by atoms with Crippen molar-refractivity contribution in [2.75, 3.05) is 39.9 Å². The minimum atomic E-state index is -0.165. The molecule has 2 rings (SSSR count). The van der Waals surface area contributed by atoms with Crippen molar-refractivity contribution >= 4 is 5.91 Å². The molecule has 2 aliphatic rings. The molecule has 1 atom stereocenters. The summed E-state index contributed by atoms with van der Waals surface area (Å²) in [7, 11) is 2.12. The van der Waals surface area contributed by atoms with E-state index in [1.54, 1.807) is 0 Å². The lowest BCUT2D eigenvalue weighted by atomic mass is 9.79. The van der Waals surface area contributed by atoms with Crippen LogP contribution in [0.5, 0.6) is 0 Å². The molecular weight excluding hydrogens is 228 g/mol. The monoisotopic (exact) mass is 254 g/mol. The first-order chi connectivity index (χ1) is 8.60. The number of likely N-dealkylation sites (tertiary alicyclic amines) is 1. The molecule has 18 heavy (non-hydrogen) atoms. The number of piperidine rings is 1. The minimum Gasteiger partial charge on any atom is -0.381 e. The molecule has 0 radical (unpaired) electrons. The van der Waals surface area contributed by atoms with Crippen LogP contribution in [0, 0.1) is 11.3 Å². The van der Waals surface area contributed by atoms with Crippen LogP contribution in [0.1, 0.15) is 32.6 Å². The first kappa shape index (κ1) is 13.8. The van der Waals surface area contributed by atoms with E-state index in [0.29, 0.717) is 5.92 Å². The Morgan fingerprint density at radius 1 is 1.44 bits per heavy atom. The molecule has 2 fully saturated rings. The number of amides is 1. The maximum atomic E-state index is 12.3. The van der Waals surface area contributed by atoms with Gasteiger partial charge in [-0.15, -0.1) is 0 Å². The first-order valence-electron chi connectivity index (χ1n) is 7.15. The quantitative estimate of drug-likeness (QED) is 0.824. The molecule has 0 bridgehead atoms. The maximum absolute atomic E-state index is 12.3. The molecule has 1 amide bonds. The minimum absolute atomic E-state index is 0.165. The van der Waals surface area contributed by atoms with E-state index in [2.05, 4.69) is 24.2 Å². The van der Waals surface area contributed by atoms with E-state index in [1.165, 1.54) is 6.42 Å². The van der Waals surface area contributed by atoms with Crippen molar-refractivity contribution in [3.63, 3.8) is 0 Å². The average molecular weight is 254 g/mol. The second-order valence-electron chi connectivity index (χ2n) is 6.16. The highest BCUT2D eigenvalue weighted by Gasteiger charge is 2.36. The lowest BCUT2D eigenvalue weighted by molar-refractivity contribution is -0.133. The number of ether oxygens (including phenoxy) is 1. The van der Waals surface area contributed by atoms with E-state index in [0.717, 1.165) is 52.1 Å². The Morgan fingerprint density at radius 3 is 2.78 bits per heavy atom. The van der Waals surface area contributed by atoms with Gasteiger partial charge in [-0.3, -0.25) is 4.79 Å². The molecule has 104 valence electrons. The van der Waals surface area contributed by atoms with Crippen molar-refractivity contribution in [1.29, 1.82) is 0 Å². The van der Waals surface area contributed by atoms with Crippen molar-refractivity contribution < 1.29 is 9.53 Å². The average Bonchev–Trinajstić information content (AvgIpc) is 2.41. The molecule has 0 aromatic heterocycles. The molecule has 4 heteroatoms. The number of carbonyl (C=O) groups excluding carboxylic acids is 1. The molecule has 2 aliphatic heterocycles. The molecule has 1 N–H and O–H groups in total. The van der Waals surface area contributed by atoms with Gasteiger partial charge in [-0.2, -0.15) is 0 Å². The fraction of sp³-hybridized carbons (Fsp3) is 0.929. The van der Waals surface area contributed by atoms with E-state index in [1.807, 2.05) is 0 Å². The van der Waals surface area contributed by atoms with Crippen LogP contribution in [0.4, 0.5) is 0 Å². The van der Waals surface area contributed by atoms with Crippen molar-refractivity contribution in [2.45, 2.75) is 32.6 Å². The summed E-state index contributed by atoms with van der Waals surface area (Å²) in [6.07, 6.45) is 4.25. The number of hydrogen-bond donors (Lipinski definition) is 1. The summed E-state index contributed by atoms with van der Waals surface area (Å²) < 4.78 is 5.44. The predicted molar refractivity (Wildman–Crippen MR) is 71.4 cm³/mol. The third kappa shape index (κ3) is 3.45. The summed E-state index contributed by atoms with van der Waals surface area (Å²) >= 11 is 0. The van der Waals surface area contributed by atoms with E-state index in [4.69, 9.17) is 4.74 Å². The van der Waals surface area contributed by atoms with Gasteiger partial charge in [0, 0.05) is 18.6 Å². The van der Waals surface area contributed by atoms with Gasteiger partial charge in [-0.05, 0) is 51.7 Å². The second kappa shape index (κ2) is 6.02. The standard InChI is InChI=1S/C14H26N2O2/c1-14(5-7-16(2)8-6-14)13(17)15-10-12-4-3-9-18-11-12/h12H,3-11H2,1-2H3,(H,15,17). The van der Waals surface area contributed by atoms with Crippen LogP contribution in [0.2, 0.25) is 0 Å². The van der Waals surface area contributed by atoms with Crippen LogP contribution in [0.25, 0.3) is 0 Å². The Labute approximate surface area is 110 Å². The van der Waals surface area contributed by atoms with Crippen LogP contribution in [0.15, 0.2) is 0 Å². The zero-order valence-electron chi connectivity index (χ0n) is 11.7. The van der Waals surface area contributed by atoms with E-state index in [9.17, 15) is 4.79 Å². The lowest BCUT2D eigenvalue weighted by Gasteiger charge is -2.37. The normalized spacial score (nSPS) is 28.9. The highest BCUT2D eigenvalue weighted by atomic mass is 16.5. The third-order valence-corrected chi connectivity index (χ3v) is 4.44. The highest BCUT2D eigenvalue weighted by Crippen LogP contribution is 2.30. The van der Waals surface area contributed by atoms with Crippen molar-refractivity contribution in [1.82, 2.24) is 10.2 Å². The van der Waals surface area contributed by atoms with Crippen molar-refractivity contribution in [3.05, 3.63) is 0 Å². The predicted octanol–water partition coefficient (Wildman–Crippen LogP) is 1.26. The van der Waals surface area contributed by atoms with E-state index >= 15 is 0 Å². The molecule has 2 heterocycles. The molecule has 0 spiro atoms. The Bertz CT molecular complexity index is 280. The van der Waals surface area contributed by atoms with Crippen LogP contribution in [-0.4, -0.2) is 50.7 Å². The number of carbonyl (C=O) groups is 1. The number of nitrogens with one attached hydrogen (secondary N) is 1. The Kier molecular flexibility index (Phi) is 4.62. The van der Waals surface area contributed by atoms with Gasteiger partial charge in [0.2, 0.25) is 5.91 Å². The van der Waals surface area contributed by atoms with Gasteiger partial charge < -0.3 is 15.0 Å². The molecular formula is C14H26N2O2. The SMILES string of the molecule is CN1CCC(C)(C(=O)NCC2CCCOC2)CC1. The van der Waals surface area contributed by atoms with Crippen molar-refractivity contribution in [2.24, 2.45) is 11.3 Å². The number of rotatable bonds is 3. The summed E-state index contributed by atoms with van der Waals surface area (Å²) in [6.45, 7) is 6.62. The summed E-state index contributed by atoms with van der Waals surface area (Å²) in [5.74, 6) is 0.749. The molecule has 4 nitrogen and oxygen atoms in total. The summed E-state index contributed by atoms with van der Waals surface area (Å²) in [5, 5.41) is 3.14. The Hall–Kier alpha value is -0.610. The molecule has 1 unspecified atom stereocenters. The van der Waals surface area contributed by atoms with Gasteiger partial charge in [0.15, 0.2) is 0 Å². The molecule has 2 saturated heterocycles. The molecule has 0 saturated carbocycles. The van der Waals surface area contributed by atoms with Gasteiger partial charge in [0.1, 0.15) is 0 Å². The van der Waals surface area contributed by atoms with Gasteiger partial charge in [0.25, 0.3) is 0 Å². The highest BCUT2D eigenvalue weighted by molar-refractivity contribution is 5.82. The lowest BCUT2D eigenvalue weighted by Crippen LogP contribution is -2.47. The van der Waals surface area contributed by atoms with Crippen LogP contribution in [0.3, 0.4) is 0 Å². The van der Waals surface area contributed by atoms with Crippen molar-refractivity contribution in [3.8, 4) is 0 Å². The number of hydrogen-bond acceptors (Lipinski definition) is 3. The fourth-order valence-electron chi connectivity index (χ4n) is 2.76.